The zero-order valence-electron chi connectivity index (χ0n) is 13.1. The van der Waals surface area contributed by atoms with Crippen molar-refractivity contribution < 1.29 is 14.3 Å². The summed E-state index contributed by atoms with van der Waals surface area (Å²) in [5, 5.41) is 3.27. The first-order chi connectivity index (χ1) is 9.40. The van der Waals surface area contributed by atoms with Gasteiger partial charge in [0.2, 0.25) is 11.8 Å². The van der Waals surface area contributed by atoms with E-state index in [1.165, 1.54) is 4.90 Å². The maximum Gasteiger partial charge on any atom is 0.241 e. The van der Waals surface area contributed by atoms with Crippen LogP contribution in [0, 0.1) is 5.41 Å². The lowest BCUT2D eigenvalue weighted by molar-refractivity contribution is -0.147. The molecule has 1 saturated heterocycles. The fourth-order valence-corrected chi connectivity index (χ4v) is 2.33. The number of piperidine rings is 1. The third kappa shape index (κ3) is 4.45. The van der Waals surface area contributed by atoms with Crippen LogP contribution in [-0.4, -0.2) is 75.6 Å². The Balaban J connectivity index is 2.74. The number of methoxy groups -OCH3 is 1. The van der Waals surface area contributed by atoms with Gasteiger partial charge in [0.1, 0.15) is 0 Å². The van der Waals surface area contributed by atoms with E-state index in [1.54, 1.807) is 26.1 Å². The molecule has 1 aliphatic rings. The number of nitrogens with one attached hydrogen (secondary N) is 1. The van der Waals surface area contributed by atoms with Gasteiger partial charge in [0, 0.05) is 33.2 Å². The number of carbonyl (C=O) groups is 2. The Bertz CT molecular complexity index is 339. The van der Waals surface area contributed by atoms with Gasteiger partial charge in [-0.15, -0.1) is 0 Å². The van der Waals surface area contributed by atoms with E-state index in [9.17, 15) is 9.59 Å². The molecule has 0 aromatic rings. The number of likely N-dealkylation sites (N-methyl/N-ethyl adjacent to an activating group) is 1. The summed E-state index contributed by atoms with van der Waals surface area (Å²) in [4.78, 5) is 27.8. The highest BCUT2D eigenvalue weighted by Gasteiger charge is 2.38. The van der Waals surface area contributed by atoms with Crippen molar-refractivity contribution >= 4 is 11.8 Å². The van der Waals surface area contributed by atoms with Crippen molar-refractivity contribution in [1.82, 2.24) is 15.1 Å². The van der Waals surface area contributed by atoms with Crippen LogP contribution in [0.15, 0.2) is 0 Å². The van der Waals surface area contributed by atoms with Crippen molar-refractivity contribution in [2.45, 2.75) is 19.8 Å². The zero-order valence-corrected chi connectivity index (χ0v) is 13.1. The average Bonchev–Trinajstić information content (AvgIpc) is 2.43. The van der Waals surface area contributed by atoms with E-state index >= 15 is 0 Å². The van der Waals surface area contributed by atoms with Gasteiger partial charge < -0.3 is 19.9 Å². The molecule has 1 fully saturated rings. The monoisotopic (exact) mass is 285 g/mol. The first-order valence-corrected chi connectivity index (χ1v) is 7.10. The summed E-state index contributed by atoms with van der Waals surface area (Å²) < 4.78 is 5.05. The number of rotatable bonds is 6. The lowest BCUT2D eigenvalue weighted by Crippen LogP contribution is -2.51. The van der Waals surface area contributed by atoms with Crippen LogP contribution in [0.25, 0.3) is 0 Å². The number of hydrogen-bond donors (Lipinski definition) is 1. The van der Waals surface area contributed by atoms with Crippen LogP contribution in [0.4, 0.5) is 0 Å². The van der Waals surface area contributed by atoms with Gasteiger partial charge >= 0.3 is 0 Å². The predicted molar refractivity (Wildman–Crippen MR) is 77.4 cm³/mol. The van der Waals surface area contributed by atoms with Gasteiger partial charge in [-0.3, -0.25) is 9.59 Å². The van der Waals surface area contributed by atoms with Gasteiger partial charge in [-0.05, 0) is 25.9 Å². The van der Waals surface area contributed by atoms with E-state index in [-0.39, 0.29) is 23.8 Å². The normalized spacial score (nSPS) is 17.6. The van der Waals surface area contributed by atoms with Gasteiger partial charge in [-0.2, -0.15) is 0 Å². The molecule has 1 N–H and O–H groups in total. The largest absolute Gasteiger partial charge is 0.383 e. The molecule has 0 spiro atoms. The van der Waals surface area contributed by atoms with Gasteiger partial charge in [-0.1, -0.05) is 6.92 Å². The SMILES string of the molecule is COCCN(CC(=O)N(C)C)C(=O)C1(C)CCNCC1. The van der Waals surface area contributed by atoms with E-state index in [2.05, 4.69) is 5.32 Å². The molecule has 1 heterocycles. The topological polar surface area (TPSA) is 61.9 Å². The molecule has 0 aromatic heterocycles. The first-order valence-electron chi connectivity index (χ1n) is 7.10. The molecule has 6 nitrogen and oxygen atoms in total. The lowest BCUT2D eigenvalue weighted by atomic mass is 9.79. The maximum absolute atomic E-state index is 12.8. The number of nitrogens with zero attached hydrogens (tertiary/aromatic N) is 2. The molecule has 0 unspecified atom stereocenters. The Kier molecular flexibility index (Phi) is 6.42. The van der Waals surface area contributed by atoms with Crippen LogP contribution in [-0.2, 0) is 14.3 Å². The lowest BCUT2D eigenvalue weighted by Gasteiger charge is -2.37. The smallest absolute Gasteiger partial charge is 0.241 e. The molecule has 6 heteroatoms. The first kappa shape index (κ1) is 16.9. The highest BCUT2D eigenvalue weighted by Crippen LogP contribution is 2.30. The fraction of sp³-hybridized carbons (Fsp3) is 0.857. The van der Waals surface area contributed by atoms with E-state index < -0.39 is 0 Å². The van der Waals surface area contributed by atoms with Gasteiger partial charge in [0.25, 0.3) is 0 Å². The van der Waals surface area contributed by atoms with Crippen LogP contribution >= 0.6 is 0 Å². The summed E-state index contributed by atoms with van der Waals surface area (Å²) in [6.45, 7) is 4.72. The van der Waals surface area contributed by atoms with Crippen molar-refractivity contribution in [3.05, 3.63) is 0 Å². The van der Waals surface area contributed by atoms with Crippen molar-refractivity contribution in [3.63, 3.8) is 0 Å². The van der Waals surface area contributed by atoms with E-state index in [0.717, 1.165) is 25.9 Å². The highest BCUT2D eigenvalue weighted by molar-refractivity contribution is 5.87. The van der Waals surface area contributed by atoms with Crippen LogP contribution in [0.2, 0.25) is 0 Å². The number of carbonyl (C=O) groups excluding carboxylic acids is 2. The summed E-state index contributed by atoms with van der Waals surface area (Å²) in [6.07, 6.45) is 1.62. The molecule has 116 valence electrons. The summed E-state index contributed by atoms with van der Waals surface area (Å²) in [5.74, 6) is -0.00163. The number of amides is 2. The van der Waals surface area contributed by atoms with Crippen LogP contribution in [0.1, 0.15) is 19.8 Å². The van der Waals surface area contributed by atoms with Gasteiger partial charge in [-0.25, -0.2) is 0 Å². The van der Waals surface area contributed by atoms with Crippen LogP contribution in [0.3, 0.4) is 0 Å². The molecular formula is C14H27N3O3. The summed E-state index contributed by atoms with van der Waals surface area (Å²) in [7, 11) is 5.00. The molecule has 0 aliphatic carbocycles. The minimum Gasteiger partial charge on any atom is -0.383 e. The van der Waals surface area contributed by atoms with Crippen molar-refractivity contribution in [2.75, 3.05) is 54.0 Å². The molecule has 0 aromatic carbocycles. The van der Waals surface area contributed by atoms with Gasteiger partial charge in [0.05, 0.1) is 13.2 Å². The fourth-order valence-electron chi connectivity index (χ4n) is 2.33. The third-order valence-electron chi connectivity index (χ3n) is 3.90. The van der Waals surface area contributed by atoms with Crippen molar-refractivity contribution in [2.24, 2.45) is 5.41 Å². The molecule has 0 radical (unpaired) electrons. The standard InChI is InChI=1S/C14H27N3O3/c1-14(5-7-15-8-6-14)13(19)17(9-10-20-4)11-12(18)16(2)3/h15H,5-11H2,1-4H3. The second-order valence-corrected chi connectivity index (χ2v) is 5.82. The zero-order chi connectivity index (χ0) is 15.2. The molecule has 2 amide bonds. The summed E-state index contributed by atoms with van der Waals surface area (Å²) in [5.41, 5.74) is -0.369. The maximum atomic E-state index is 12.8. The molecule has 0 atom stereocenters. The predicted octanol–water partition coefficient (Wildman–Crippen LogP) is -0.0607. The number of ether oxygens (including phenoxy) is 1. The molecule has 0 saturated carbocycles. The van der Waals surface area contributed by atoms with Crippen LogP contribution < -0.4 is 5.32 Å². The minimum atomic E-state index is -0.369. The molecule has 20 heavy (non-hydrogen) atoms. The Morgan fingerprint density at radius 2 is 1.85 bits per heavy atom. The molecule has 1 aliphatic heterocycles. The molecule has 0 bridgehead atoms. The van der Waals surface area contributed by atoms with Gasteiger partial charge in [0.15, 0.2) is 0 Å². The second kappa shape index (κ2) is 7.59. The quantitative estimate of drug-likeness (QED) is 0.743. The van der Waals surface area contributed by atoms with E-state index in [4.69, 9.17) is 4.74 Å². The second-order valence-electron chi connectivity index (χ2n) is 5.82. The minimum absolute atomic E-state index is 0.0613. The Hall–Kier alpha value is -1.14. The van der Waals surface area contributed by atoms with E-state index in [1.807, 2.05) is 6.92 Å². The Morgan fingerprint density at radius 1 is 1.25 bits per heavy atom. The van der Waals surface area contributed by atoms with Crippen molar-refractivity contribution in [3.8, 4) is 0 Å². The highest BCUT2D eigenvalue weighted by atomic mass is 16.5. The molecule has 1 rings (SSSR count). The Labute approximate surface area is 121 Å². The van der Waals surface area contributed by atoms with Crippen molar-refractivity contribution in [1.29, 1.82) is 0 Å². The number of hydrogen-bond acceptors (Lipinski definition) is 4. The summed E-state index contributed by atoms with van der Waals surface area (Å²) >= 11 is 0. The third-order valence-corrected chi connectivity index (χ3v) is 3.90. The Morgan fingerprint density at radius 3 is 2.35 bits per heavy atom. The van der Waals surface area contributed by atoms with Crippen LogP contribution in [0.5, 0.6) is 0 Å². The molecular weight excluding hydrogens is 258 g/mol. The van der Waals surface area contributed by atoms with E-state index in [0.29, 0.717) is 13.2 Å². The summed E-state index contributed by atoms with van der Waals surface area (Å²) in [6, 6.07) is 0. The average molecular weight is 285 g/mol.